The number of hydroxylamine groups is 1. The van der Waals surface area contributed by atoms with Crippen LogP contribution >= 0.6 is 0 Å². The molecule has 0 amide bonds. The van der Waals surface area contributed by atoms with Crippen molar-refractivity contribution in [2.45, 2.75) is 19.6 Å². The van der Waals surface area contributed by atoms with Gasteiger partial charge < -0.3 is 4.53 Å². The SMILES string of the molecule is C[Si](C)(C)ONC[SiH3]. The van der Waals surface area contributed by atoms with E-state index < -0.39 is 8.32 Å². The van der Waals surface area contributed by atoms with Crippen molar-refractivity contribution in [3.63, 3.8) is 0 Å². The first kappa shape index (κ1) is 8.35. The lowest BCUT2D eigenvalue weighted by Crippen LogP contribution is -2.34. The Labute approximate surface area is 55.1 Å². The van der Waals surface area contributed by atoms with E-state index in [4.69, 9.17) is 4.53 Å². The van der Waals surface area contributed by atoms with Gasteiger partial charge in [0.2, 0.25) is 8.32 Å². The zero-order valence-corrected chi connectivity index (χ0v) is 9.12. The fourth-order valence-electron chi connectivity index (χ4n) is 0.289. The molecule has 0 aromatic carbocycles. The Morgan fingerprint density at radius 1 is 1.50 bits per heavy atom. The van der Waals surface area contributed by atoms with Crippen molar-refractivity contribution < 1.29 is 4.53 Å². The summed E-state index contributed by atoms with van der Waals surface area (Å²) in [7, 11) is -0.0986. The summed E-state index contributed by atoms with van der Waals surface area (Å²) in [6.07, 6.45) is 1.03. The number of rotatable bonds is 3. The van der Waals surface area contributed by atoms with Gasteiger partial charge in [0, 0.05) is 16.4 Å². The average molecular weight is 149 g/mol. The molecule has 0 rings (SSSR count). The van der Waals surface area contributed by atoms with Gasteiger partial charge in [-0.2, -0.15) is 0 Å². The Hall–Kier alpha value is 0.354. The molecule has 2 nitrogen and oxygen atoms in total. The van der Waals surface area contributed by atoms with Gasteiger partial charge in [-0.3, -0.25) is 0 Å². The van der Waals surface area contributed by atoms with Crippen LogP contribution in [0, 0.1) is 0 Å². The average Bonchev–Trinajstić information content (AvgIpc) is 1.59. The van der Waals surface area contributed by atoms with Crippen LogP contribution in [0.5, 0.6) is 0 Å². The predicted octanol–water partition coefficient (Wildman–Crippen LogP) is -0.335. The summed E-state index contributed by atoms with van der Waals surface area (Å²) in [5.74, 6) is 0. The molecule has 0 saturated heterocycles. The van der Waals surface area contributed by atoms with E-state index in [0.717, 1.165) is 6.17 Å². The van der Waals surface area contributed by atoms with Gasteiger partial charge in [0.25, 0.3) is 0 Å². The van der Waals surface area contributed by atoms with Crippen molar-refractivity contribution >= 4 is 18.6 Å². The highest BCUT2D eigenvalue weighted by Crippen LogP contribution is 1.97. The molecule has 1 N–H and O–H groups in total. The van der Waals surface area contributed by atoms with Crippen molar-refractivity contribution in [1.82, 2.24) is 5.48 Å². The van der Waals surface area contributed by atoms with E-state index in [0.29, 0.717) is 0 Å². The monoisotopic (exact) mass is 149 g/mol. The van der Waals surface area contributed by atoms with Crippen LogP contribution in [0.3, 0.4) is 0 Å². The highest BCUT2D eigenvalue weighted by atomic mass is 28.4. The fourth-order valence-corrected chi connectivity index (χ4v) is 1.30. The van der Waals surface area contributed by atoms with Crippen molar-refractivity contribution in [3.8, 4) is 0 Å². The van der Waals surface area contributed by atoms with Crippen LogP contribution in [0.25, 0.3) is 0 Å². The van der Waals surface area contributed by atoms with Gasteiger partial charge in [-0.15, -0.1) is 0 Å². The van der Waals surface area contributed by atoms with Crippen molar-refractivity contribution in [2.75, 3.05) is 6.17 Å². The molecule has 0 aliphatic carbocycles. The first-order valence-corrected chi connectivity index (χ1v) is 7.79. The molecular weight excluding hydrogens is 134 g/mol. The largest absolute Gasteiger partial charge is 0.346 e. The Balaban J connectivity index is 3.11. The quantitative estimate of drug-likeness (QED) is 0.438. The van der Waals surface area contributed by atoms with Gasteiger partial charge in [-0.25, -0.2) is 5.48 Å². The van der Waals surface area contributed by atoms with E-state index in [9.17, 15) is 0 Å². The normalized spacial score (nSPS) is 12.4. The summed E-state index contributed by atoms with van der Waals surface area (Å²) in [6, 6.07) is 0. The summed E-state index contributed by atoms with van der Waals surface area (Å²) in [5, 5.41) is 0. The van der Waals surface area contributed by atoms with Crippen LogP contribution in [0.4, 0.5) is 0 Å². The van der Waals surface area contributed by atoms with Crippen molar-refractivity contribution in [1.29, 1.82) is 0 Å². The number of hydrogen-bond donors (Lipinski definition) is 1. The zero-order valence-electron chi connectivity index (χ0n) is 6.12. The lowest BCUT2D eigenvalue weighted by molar-refractivity contribution is 0.207. The van der Waals surface area contributed by atoms with Crippen LogP contribution in [0.1, 0.15) is 0 Å². The third-order valence-electron chi connectivity index (χ3n) is 0.523. The molecule has 0 heterocycles. The Kier molecular flexibility index (Phi) is 3.54. The third kappa shape index (κ3) is 6.35. The summed E-state index contributed by atoms with van der Waals surface area (Å²) in [6.45, 7) is 6.49. The summed E-state index contributed by atoms with van der Waals surface area (Å²) < 4.78 is 5.30. The Morgan fingerprint density at radius 3 is 2.12 bits per heavy atom. The van der Waals surface area contributed by atoms with Gasteiger partial charge in [0.15, 0.2) is 0 Å². The molecule has 0 unspecified atom stereocenters. The molecule has 0 bridgehead atoms. The topological polar surface area (TPSA) is 21.3 Å². The standard InChI is InChI=1S/C4H15NOSi2/c1-8(2,3)6-5-4-7/h5H,4H2,1-3,7H3. The zero-order chi connectivity index (χ0) is 6.62. The van der Waals surface area contributed by atoms with Crippen molar-refractivity contribution in [3.05, 3.63) is 0 Å². The van der Waals surface area contributed by atoms with E-state index >= 15 is 0 Å². The number of nitrogens with one attached hydrogen (secondary N) is 1. The van der Waals surface area contributed by atoms with E-state index in [1.165, 1.54) is 10.2 Å². The van der Waals surface area contributed by atoms with Gasteiger partial charge in [0.1, 0.15) is 0 Å². The molecular formula is C4H15NOSi2. The van der Waals surface area contributed by atoms with E-state index in [1.807, 2.05) is 0 Å². The van der Waals surface area contributed by atoms with E-state index in [1.54, 1.807) is 0 Å². The lowest BCUT2D eigenvalue weighted by Gasteiger charge is -2.15. The highest BCUT2D eigenvalue weighted by Gasteiger charge is 2.13. The van der Waals surface area contributed by atoms with Crippen LogP contribution in [-0.4, -0.2) is 24.7 Å². The van der Waals surface area contributed by atoms with Crippen LogP contribution in [0.2, 0.25) is 19.6 Å². The third-order valence-corrected chi connectivity index (χ3v) is 1.57. The minimum absolute atomic E-state index is 1.03. The molecule has 0 aliphatic rings. The fraction of sp³-hybridized carbons (Fsp3) is 1.00. The second-order valence-electron chi connectivity index (χ2n) is 2.71. The molecule has 0 aromatic rings. The van der Waals surface area contributed by atoms with Crippen molar-refractivity contribution in [2.24, 2.45) is 0 Å². The Morgan fingerprint density at radius 2 is 2.00 bits per heavy atom. The molecule has 0 saturated carbocycles. The minimum atomic E-state index is -1.27. The van der Waals surface area contributed by atoms with E-state index in [2.05, 4.69) is 25.1 Å². The first-order valence-electron chi connectivity index (χ1n) is 2.97. The van der Waals surface area contributed by atoms with Gasteiger partial charge in [-0.1, -0.05) is 0 Å². The summed E-state index contributed by atoms with van der Waals surface area (Å²) in [5.41, 5.74) is 2.91. The van der Waals surface area contributed by atoms with Crippen LogP contribution < -0.4 is 5.48 Å². The molecule has 8 heavy (non-hydrogen) atoms. The van der Waals surface area contributed by atoms with Gasteiger partial charge in [-0.05, 0) is 19.6 Å². The summed E-state index contributed by atoms with van der Waals surface area (Å²) in [4.78, 5) is 0. The molecule has 4 heteroatoms. The van der Waals surface area contributed by atoms with E-state index in [-0.39, 0.29) is 0 Å². The smallest absolute Gasteiger partial charge is 0.211 e. The molecule has 50 valence electrons. The molecule has 0 radical (unpaired) electrons. The maximum Gasteiger partial charge on any atom is 0.211 e. The van der Waals surface area contributed by atoms with Gasteiger partial charge in [0.05, 0.1) is 0 Å². The minimum Gasteiger partial charge on any atom is -0.346 e. The molecule has 0 spiro atoms. The van der Waals surface area contributed by atoms with Crippen LogP contribution in [-0.2, 0) is 4.53 Å². The molecule has 0 aliphatic heterocycles. The maximum atomic E-state index is 5.30. The predicted molar refractivity (Wildman–Crippen MR) is 42.4 cm³/mol. The molecule has 0 aromatic heterocycles. The first-order chi connectivity index (χ1) is 3.56. The second-order valence-corrected chi connectivity index (χ2v) is 7.85. The summed E-state index contributed by atoms with van der Waals surface area (Å²) >= 11 is 0. The van der Waals surface area contributed by atoms with Crippen LogP contribution in [0.15, 0.2) is 0 Å². The molecule has 0 fully saturated rings. The highest BCUT2D eigenvalue weighted by molar-refractivity contribution is 6.69. The second kappa shape index (κ2) is 3.39. The van der Waals surface area contributed by atoms with Gasteiger partial charge >= 0.3 is 0 Å². The molecule has 0 atom stereocenters. The lowest BCUT2D eigenvalue weighted by atomic mass is 11.5. The maximum absolute atomic E-state index is 5.30. The number of hydrogen-bond acceptors (Lipinski definition) is 2. The Bertz CT molecular complexity index is 61.5.